The Morgan fingerprint density at radius 3 is 2.55 bits per heavy atom. The summed E-state index contributed by atoms with van der Waals surface area (Å²) in [5.41, 5.74) is 0.547. The number of thiazole rings is 1. The third-order valence-corrected chi connectivity index (χ3v) is 5.93. The van der Waals surface area contributed by atoms with Gasteiger partial charge >= 0.3 is 6.18 Å². The lowest BCUT2D eigenvalue weighted by Gasteiger charge is -2.14. The molecule has 0 saturated heterocycles. The average Bonchev–Trinajstić information content (AvgIpc) is 3.09. The molecule has 168 valence electrons. The fraction of sp³-hybridized carbons (Fsp3) is 0.476. The summed E-state index contributed by atoms with van der Waals surface area (Å²) in [4.78, 5) is 5.84. The van der Waals surface area contributed by atoms with Crippen LogP contribution in [0.5, 0.6) is 5.75 Å². The molecule has 0 spiro atoms. The Balaban J connectivity index is 2.49. The van der Waals surface area contributed by atoms with Crippen molar-refractivity contribution in [2.75, 3.05) is 20.3 Å². The molecule has 2 aromatic rings. The summed E-state index contributed by atoms with van der Waals surface area (Å²) >= 11 is 6.77. The van der Waals surface area contributed by atoms with Crippen molar-refractivity contribution < 1.29 is 22.6 Å². The highest BCUT2D eigenvalue weighted by Gasteiger charge is 2.27. The van der Waals surface area contributed by atoms with Crippen LogP contribution in [-0.4, -0.2) is 36.1 Å². The van der Waals surface area contributed by atoms with Crippen LogP contribution in [-0.2, 0) is 16.7 Å². The van der Waals surface area contributed by atoms with E-state index >= 15 is 0 Å². The molecule has 5 nitrogen and oxygen atoms in total. The fourth-order valence-corrected chi connectivity index (χ4v) is 3.88. The summed E-state index contributed by atoms with van der Waals surface area (Å²) in [7, 11) is 1.55. The van der Waals surface area contributed by atoms with Crippen LogP contribution in [0.2, 0.25) is 0 Å². The van der Waals surface area contributed by atoms with E-state index in [0.717, 1.165) is 4.88 Å². The minimum Gasteiger partial charge on any atom is -0.490 e. The summed E-state index contributed by atoms with van der Waals surface area (Å²) in [6, 6.07) is 6.83. The van der Waals surface area contributed by atoms with Crippen LogP contribution in [0.1, 0.15) is 43.2 Å². The third-order valence-electron chi connectivity index (χ3n) is 4.18. The highest BCUT2D eigenvalue weighted by atomic mass is 32.1. The molecule has 1 aromatic heterocycles. The van der Waals surface area contributed by atoms with E-state index in [-0.39, 0.29) is 23.6 Å². The summed E-state index contributed by atoms with van der Waals surface area (Å²) in [6.07, 6.45) is -3.56. The van der Waals surface area contributed by atoms with Crippen molar-refractivity contribution in [3.05, 3.63) is 45.2 Å². The summed E-state index contributed by atoms with van der Waals surface area (Å²) in [6.45, 7) is 6.32. The van der Waals surface area contributed by atoms with E-state index in [0.29, 0.717) is 28.3 Å². The van der Waals surface area contributed by atoms with Crippen LogP contribution in [0.25, 0.3) is 0 Å². The topological polar surface area (TPSA) is 59.5 Å². The number of aryl methyl sites for hydroxylation is 1. The first-order chi connectivity index (χ1) is 14.4. The number of hydrogen-bond acceptors (Lipinski definition) is 5. The predicted molar refractivity (Wildman–Crippen MR) is 117 cm³/mol. The van der Waals surface area contributed by atoms with Crippen molar-refractivity contribution in [1.29, 1.82) is 5.26 Å². The minimum atomic E-state index is -4.28. The lowest BCUT2D eigenvalue weighted by molar-refractivity contribution is -0.136. The predicted octanol–water partition coefficient (Wildman–Crippen LogP) is 4.97. The Morgan fingerprint density at radius 2 is 1.97 bits per heavy atom. The first-order valence-corrected chi connectivity index (χ1v) is 10.7. The summed E-state index contributed by atoms with van der Waals surface area (Å²) in [5.74, 6) is 0.430. The van der Waals surface area contributed by atoms with Gasteiger partial charge in [-0.25, -0.2) is 4.99 Å². The van der Waals surface area contributed by atoms with E-state index in [1.807, 2.05) is 26.8 Å². The van der Waals surface area contributed by atoms with Gasteiger partial charge in [-0.2, -0.15) is 18.4 Å². The van der Waals surface area contributed by atoms with Crippen LogP contribution in [0.15, 0.2) is 29.4 Å². The molecular formula is C21H24F3N3O2S2. The molecule has 0 saturated carbocycles. The Hall–Kier alpha value is -2.22. The van der Waals surface area contributed by atoms with Gasteiger partial charge in [0.2, 0.25) is 0 Å². The van der Waals surface area contributed by atoms with Gasteiger partial charge < -0.3 is 14.0 Å². The van der Waals surface area contributed by atoms with Crippen molar-refractivity contribution in [3.8, 4) is 11.8 Å². The average molecular weight is 472 g/mol. The molecule has 10 heteroatoms. The van der Waals surface area contributed by atoms with E-state index in [1.54, 1.807) is 31.5 Å². The van der Waals surface area contributed by atoms with Gasteiger partial charge in [0.1, 0.15) is 17.3 Å². The molecule has 0 atom stereocenters. The molecule has 2 rings (SSSR count). The SMILES string of the molecule is COCCOc1ccc(C#N)cc1C(=S)/N=c1\sc(C(C)(C)C)cn1CCC(F)(F)F. The number of rotatable bonds is 7. The molecule has 0 unspecified atom stereocenters. The van der Waals surface area contributed by atoms with E-state index in [1.165, 1.54) is 15.9 Å². The number of halogens is 3. The Bertz CT molecular complexity index is 1030. The van der Waals surface area contributed by atoms with Gasteiger partial charge in [0, 0.05) is 24.7 Å². The van der Waals surface area contributed by atoms with Crippen LogP contribution < -0.4 is 9.54 Å². The van der Waals surface area contributed by atoms with E-state index in [9.17, 15) is 18.4 Å². The molecule has 0 aliphatic carbocycles. The lowest BCUT2D eigenvalue weighted by Crippen LogP contribution is -2.20. The van der Waals surface area contributed by atoms with Crippen molar-refractivity contribution in [3.63, 3.8) is 0 Å². The largest absolute Gasteiger partial charge is 0.490 e. The number of benzene rings is 1. The van der Waals surface area contributed by atoms with Crippen molar-refractivity contribution >= 4 is 28.5 Å². The molecule has 31 heavy (non-hydrogen) atoms. The van der Waals surface area contributed by atoms with E-state index in [4.69, 9.17) is 21.7 Å². The van der Waals surface area contributed by atoms with Crippen LogP contribution in [0, 0.1) is 11.3 Å². The summed E-state index contributed by atoms with van der Waals surface area (Å²) in [5, 5.41) is 9.23. The third kappa shape index (κ3) is 7.45. The smallest absolute Gasteiger partial charge is 0.390 e. The number of alkyl halides is 3. The van der Waals surface area contributed by atoms with Gasteiger partial charge in [0.25, 0.3) is 0 Å². The second-order valence-corrected chi connectivity index (χ2v) is 9.16. The Kier molecular flexibility index (Phi) is 8.40. The highest BCUT2D eigenvalue weighted by molar-refractivity contribution is 7.80. The van der Waals surface area contributed by atoms with Crippen molar-refractivity contribution in [2.24, 2.45) is 4.99 Å². The zero-order chi connectivity index (χ0) is 23.2. The van der Waals surface area contributed by atoms with Gasteiger partial charge in [0.05, 0.1) is 30.2 Å². The second-order valence-electron chi connectivity index (χ2n) is 7.77. The molecule has 0 amide bonds. The van der Waals surface area contributed by atoms with Gasteiger partial charge in [-0.15, -0.1) is 11.3 Å². The number of hydrogen-bond donors (Lipinski definition) is 0. The molecular weight excluding hydrogens is 447 g/mol. The van der Waals surface area contributed by atoms with Crippen LogP contribution >= 0.6 is 23.6 Å². The number of ether oxygens (including phenoxy) is 2. The van der Waals surface area contributed by atoms with Gasteiger partial charge in [-0.05, 0) is 23.6 Å². The lowest BCUT2D eigenvalue weighted by atomic mass is 9.95. The minimum absolute atomic E-state index is 0.132. The zero-order valence-corrected chi connectivity index (χ0v) is 19.4. The number of nitriles is 1. The van der Waals surface area contributed by atoms with Crippen molar-refractivity contribution in [1.82, 2.24) is 4.57 Å². The first-order valence-electron chi connectivity index (χ1n) is 9.47. The first kappa shape index (κ1) is 25.0. The molecule has 0 N–H and O–H groups in total. The molecule has 1 heterocycles. The van der Waals surface area contributed by atoms with Gasteiger partial charge in [0.15, 0.2) is 4.80 Å². The van der Waals surface area contributed by atoms with Gasteiger partial charge in [-0.3, -0.25) is 0 Å². The second kappa shape index (κ2) is 10.4. The van der Waals surface area contributed by atoms with Gasteiger partial charge in [-0.1, -0.05) is 33.0 Å². The number of thiocarbonyl (C=S) groups is 1. The molecule has 0 fully saturated rings. The van der Waals surface area contributed by atoms with Crippen LogP contribution in [0.3, 0.4) is 0 Å². The Morgan fingerprint density at radius 1 is 1.26 bits per heavy atom. The monoisotopic (exact) mass is 471 g/mol. The maximum atomic E-state index is 12.8. The highest BCUT2D eigenvalue weighted by Crippen LogP contribution is 2.26. The molecule has 0 radical (unpaired) electrons. The maximum Gasteiger partial charge on any atom is 0.390 e. The van der Waals surface area contributed by atoms with E-state index in [2.05, 4.69) is 4.99 Å². The molecule has 0 bridgehead atoms. The van der Waals surface area contributed by atoms with Crippen molar-refractivity contribution in [2.45, 2.75) is 45.3 Å². The number of methoxy groups -OCH3 is 1. The normalized spacial score (nSPS) is 12.6. The molecule has 1 aromatic carbocycles. The fourth-order valence-electron chi connectivity index (χ4n) is 2.50. The number of aromatic nitrogens is 1. The summed E-state index contributed by atoms with van der Waals surface area (Å²) < 4.78 is 50.5. The Labute approximate surface area is 188 Å². The number of nitrogens with zero attached hydrogens (tertiary/aromatic N) is 3. The van der Waals surface area contributed by atoms with Crippen LogP contribution in [0.4, 0.5) is 13.2 Å². The standard InChI is InChI=1S/C21H24F3N3O2S2/c1-20(2,3)17-13-27(8-7-21(22,23)24)19(31-17)26-18(30)15-11-14(12-25)5-6-16(15)29-10-9-28-4/h5-6,11,13H,7-10H2,1-4H3/b26-19-. The molecule has 0 aliphatic rings. The maximum absolute atomic E-state index is 12.8. The molecule has 0 aliphatic heterocycles. The van der Waals surface area contributed by atoms with E-state index < -0.39 is 12.6 Å². The quantitative estimate of drug-likeness (QED) is 0.423. The zero-order valence-electron chi connectivity index (χ0n) is 17.7.